The van der Waals surface area contributed by atoms with Crippen LogP contribution in [0.25, 0.3) is 0 Å². The van der Waals surface area contributed by atoms with Gasteiger partial charge in [0.25, 0.3) is 0 Å². The fourth-order valence-electron chi connectivity index (χ4n) is 1.20. The maximum Gasteiger partial charge on any atom is 0.244 e. The van der Waals surface area contributed by atoms with Crippen molar-refractivity contribution < 1.29 is 4.79 Å². The van der Waals surface area contributed by atoms with Gasteiger partial charge in [-0.05, 0) is 13.0 Å². The molecule has 1 aromatic heterocycles. The van der Waals surface area contributed by atoms with E-state index in [9.17, 15) is 4.79 Å². The predicted molar refractivity (Wildman–Crippen MR) is 71.0 cm³/mol. The van der Waals surface area contributed by atoms with Crippen LogP contribution in [0.5, 0.6) is 0 Å². The van der Waals surface area contributed by atoms with Crippen LogP contribution in [0.3, 0.4) is 0 Å². The van der Waals surface area contributed by atoms with Gasteiger partial charge in [-0.3, -0.25) is 4.79 Å². The van der Waals surface area contributed by atoms with E-state index in [1.807, 2.05) is 0 Å². The number of hydrogen-bond donors (Lipinski definition) is 1. The van der Waals surface area contributed by atoms with E-state index in [2.05, 4.69) is 10.3 Å². The second-order valence-electron chi connectivity index (χ2n) is 3.69. The minimum Gasteiger partial charge on any atom is -0.357 e. The third-order valence-electron chi connectivity index (χ3n) is 2.05. The molecular formula is C10H12Cl3N3O. The SMILES string of the molecule is CC(Nc1nc(Cl)c(Cl)cc1Cl)C(=O)N(C)C. The van der Waals surface area contributed by atoms with Gasteiger partial charge in [0.05, 0.1) is 10.0 Å². The maximum absolute atomic E-state index is 11.6. The Morgan fingerprint density at radius 1 is 1.35 bits per heavy atom. The van der Waals surface area contributed by atoms with Crippen molar-refractivity contribution in [2.75, 3.05) is 19.4 Å². The average molecular weight is 297 g/mol. The van der Waals surface area contributed by atoms with E-state index in [1.165, 1.54) is 11.0 Å². The molecule has 0 aromatic carbocycles. The normalized spacial score (nSPS) is 12.1. The van der Waals surface area contributed by atoms with Gasteiger partial charge in [-0.25, -0.2) is 4.98 Å². The fraction of sp³-hybridized carbons (Fsp3) is 0.400. The second kappa shape index (κ2) is 5.76. The van der Waals surface area contributed by atoms with Gasteiger partial charge in [-0.15, -0.1) is 0 Å². The number of nitrogens with zero attached hydrogens (tertiary/aromatic N) is 2. The lowest BCUT2D eigenvalue weighted by Crippen LogP contribution is -2.36. The highest BCUT2D eigenvalue weighted by Crippen LogP contribution is 2.29. The first-order valence-electron chi connectivity index (χ1n) is 4.82. The number of nitrogens with one attached hydrogen (secondary N) is 1. The minimum absolute atomic E-state index is 0.0889. The molecule has 94 valence electrons. The Balaban J connectivity index is 2.89. The lowest BCUT2D eigenvalue weighted by atomic mass is 10.3. The number of anilines is 1. The summed E-state index contributed by atoms with van der Waals surface area (Å²) in [5, 5.41) is 3.61. The van der Waals surface area contributed by atoms with Gasteiger partial charge in [0, 0.05) is 14.1 Å². The third kappa shape index (κ3) is 3.63. The Bertz CT molecular complexity index is 437. The molecule has 0 aliphatic carbocycles. The van der Waals surface area contributed by atoms with Gasteiger partial charge in [0.2, 0.25) is 5.91 Å². The molecule has 0 bridgehead atoms. The smallest absolute Gasteiger partial charge is 0.244 e. The monoisotopic (exact) mass is 295 g/mol. The highest BCUT2D eigenvalue weighted by molar-refractivity contribution is 6.42. The number of aromatic nitrogens is 1. The zero-order valence-electron chi connectivity index (χ0n) is 9.59. The summed E-state index contributed by atoms with van der Waals surface area (Å²) in [6, 6.07) is 1.03. The number of halogens is 3. The van der Waals surface area contributed by atoms with Crippen molar-refractivity contribution >= 4 is 46.5 Å². The Kier molecular flexibility index (Phi) is 4.86. The Labute approximate surface area is 115 Å². The summed E-state index contributed by atoms with van der Waals surface area (Å²) in [5.74, 6) is 0.248. The predicted octanol–water partition coefficient (Wildman–Crippen LogP) is 2.93. The summed E-state index contributed by atoms with van der Waals surface area (Å²) in [6.45, 7) is 1.71. The minimum atomic E-state index is -0.452. The van der Waals surface area contributed by atoms with Crippen LogP contribution in [0.1, 0.15) is 6.92 Å². The first-order valence-corrected chi connectivity index (χ1v) is 5.95. The fourth-order valence-corrected chi connectivity index (χ4v) is 1.75. The first-order chi connectivity index (χ1) is 7.82. The number of rotatable bonds is 3. The van der Waals surface area contributed by atoms with Crippen LogP contribution in [-0.2, 0) is 4.79 Å². The number of pyridine rings is 1. The molecule has 7 heteroatoms. The summed E-state index contributed by atoms with van der Waals surface area (Å²) in [7, 11) is 3.34. The van der Waals surface area contributed by atoms with Crippen LogP contribution < -0.4 is 5.32 Å². The highest BCUT2D eigenvalue weighted by Gasteiger charge is 2.17. The molecule has 1 unspecified atom stereocenters. The second-order valence-corrected chi connectivity index (χ2v) is 4.86. The van der Waals surface area contributed by atoms with Gasteiger partial charge < -0.3 is 10.2 Å². The van der Waals surface area contributed by atoms with Crippen LogP contribution in [0.2, 0.25) is 15.2 Å². The maximum atomic E-state index is 11.6. The Morgan fingerprint density at radius 2 is 1.94 bits per heavy atom. The van der Waals surface area contributed by atoms with Gasteiger partial charge >= 0.3 is 0 Å². The molecule has 1 amide bonds. The number of amides is 1. The van der Waals surface area contributed by atoms with Gasteiger partial charge in [-0.2, -0.15) is 0 Å². The standard InChI is InChI=1S/C10H12Cl3N3O/c1-5(10(17)16(2)3)14-9-7(12)4-6(11)8(13)15-9/h4-5H,1-3H3,(H,14,15). The number of carbonyl (C=O) groups excluding carboxylic acids is 1. The summed E-state index contributed by atoms with van der Waals surface area (Å²) < 4.78 is 0. The van der Waals surface area contributed by atoms with E-state index < -0.39 is 6.04 Å². The van der Waals surface area contributed by atoms with Crippen LogP contribution in [0, 0.1) is 0 Å². The van der Waals surface area contributed by atoms with Crippen LogP contribution in [-0.4, -0.2) is 35.9 Å². The van der Waals surface area contributed by atoms with Crippen molar-refractivity contribution in [2.24, 2.45) is 0 Å². The Morgan fingerprint density at radius 3 is 2.47 bits per heavy atom. The van der Waals surface area contributed by atoms with Crippen molar-refractivity contribution in [3.05, 3.63) is 21.3 Å². The van der Waals surface area contributed by atoms with Crippen molar-refractivity contribution in [1.82, 2.24) is 9.88 Å². The average Bonchev–Trinajstić information content (AvgIpc) is 2.24. The summed E-state index contributed by atoms with van der Waals surface area (Å²) in [6.07, 6.45) is 0. The van der Waals surface area contributed by atoms with Crippen LogP contribution in [0.15, 0.2) is 6.07 Å². The molecule has 0 spiro atoms. The van der Waals surface area contributed by atoms with E-state index in [1.54, 1.807) is 21.0 Å². The molecule has 0 aliphatic heterocycles. The first kappa shape index (κ1) is 14.4. The number of hydrogen-bond acceptors (Lipinski definition) is 3. The molecule has 0 fully saturated rings. The van der Waals surface area contributed by atoms with Crippen molar-refractivity contribution in [3.8, 4) is 0 Å². The highest BCUT2D eigenvalue weighted by atomic mass is 35.5. The van der Waals surface area contributed by atoms with Crippen LogP contribution >= 0.6 is 34.8 Å². The molecule has 4 nitrogen and oxygen atoms in total. The van der Waals surface area contributed by atoms with E-state index >= 15 is 0 Å². The number of carbonyl (C=O) groups is 1. The van der Waals surface area contributed by atoms with Crippen molar-refractivity contribution in [3.63, 3.8) is 0 Å². The molecule has 1 heterocycles. The third-order valence-corrected chi connectivity index (χ3v) is 3.01. The molecule has 0 radical (unpaired) electrons. The van der Waals surface area contributed by atoms with Crippen molar-refractivity contribution in [2.45, 2.75) is 13.0 Å². The van der Waals surface area contributed by atoms with E-state index in [4.69, 9.17) is 34.8 Å². The lowest BCUT2D eigenvalue weighted by molar-refractivity contribution is -0.129. The molecule has 1 rings (SSSR count). The molecule has 0 saturated carbocycles. The molecule has 0 saturated heterocycles. The molecule has 1 N–H and O–H groups in total. The van der Waals surface area contributed by atoms with Gasteiger partial charge in [0.15, 0.2) is 0 Å². The molecule has 17 heavy (non-hydrogen) atoms. The quantitative estimate of drug-likeness (QED) is 0.872. The molecule has 1 atom stereocenters. The van der Waals surface area contributed by atoms with Gasteiger partial charge in [-0.1, -0.05) is 34.8 Å². The summed E-state index contributed by atoms with van der Waals surface area (Å²) >= 11 is 17.5. The molecular weight excluding hydrogens is 284 g/mol. The molecule has 0 aliphatic rings. The molecule has 1 aromatic rings. The zero-order chi connectivity index (χ0) is 13.2. The van der Waals surface area contributed by atoms with E-state index in [0.717, 1.165) is 0 Å². The lowest BCUT2D eigenvalue weighted by Gasteiger charge is -2.19. The largest absolute Gasteiger partial charge is 0.357 e. The topological polar surface area (TPSA) is 45.2 Å². The summed E-state index contributed by atoms with van der Waals surface area (Å²) in [4.78, 5) is 17.1. The zero-order valence-corrected chi connectivity index (χ0v) is 11.9. The number of likely N-dealkylation sites (N-methyl/N-ethyl adjacent to an activating group) is 1. The van der Waals surface area contributed by atoms with E-state index in [-0.39, 0.29) is 16.1 Å². The Hall–Kier alpha value is -0.710. The summed E-state index contributed by atoms with van der Waals surface area (Å²) in [5.41, 5.74) is 0. The van der Waals surface area contributed by atoms with Crippen molar-refractivity contribution in [1.29, 1.82) is 0 Å². The van der Waals surface area contributed by atoms with Gasteiger partial charge in [0.1, 0.15) is 17.0 Å². The van der Waals surface area contributed by atoms with Crippen LogP contribution in [0.4, 0.5) is 5.82 Å². The van der Waals surface area contributed by atoms with E-state index in [0.29, 0.717) is 10.8 Å².